The first kappa shape index (κ1) is 20.4. The van der Waals surface area contributed by atoms with E-state index in [9.17, 15) is 13.2 Å². The predicted molar refractivity (Wildman–Crippen MR) is 112 cm³/mol. The fraction of sp³-hybridized carbons (Fsp3) is 0.400. The van der Waals surface area contributed by atoms with E-state index >= 15 is 0 Å². The van der Waals surface area contributed by atoms with Crippen LogP contribution in [0, 0.1) is 13.8 Å². The molecule has 0 unspecified atom stereocenters. The number of benzene rings is 1. The number of aromatic nitrogens is 4. The Kier molecular flexibility index (Phi) is 5.52. The molecule has 0 spiro atoms. The first-order valence-electron chi connectivity index (χ1n) is 9.92. The molecular formula is C20H24N6O3S. The second kappa shape index (κ2) is 8.11. The Bertz CT molecular complexity index is 1200. The van der Waals surface area contributed by atoms with Gasteiger partial charge in [0, 0.05) is 36.6 Å². The van der Waals surface area contributed by atoms with Gasteiger partial charge in [-0.2, -0.15) is 14.4 Å². The van der Waals surface area contributed by atoms with Crippen LogP contribution >= 0.6 is 0 Å². The van der Waals surface area contributed by atoms with E-state index in [0.717, 1.165) is 29.8 Å². The number of carbonyl (C=O) groups is 1. The Hall–Kier alpha value is -2.85. The Morgan fingerprint density at radius 2 is 1.97 bits per heavy atom. The maximum absolute atomic E-state index is 12.7. The minimum absolute atomic E-state index is 0.191. The van der Waals surface area contributed by atoms with Crippen molar-refractivity contribution in [2.75, 3.05) is 18.4 Å². The number of hydrogen-bond acceptors (Lipinski definition) is 6. The van der Waals surface area contributed by atoms with E-state index in [2.05, 4.69) is 20.4 Å². The van der Waals surface area contributed by atoms with Gasteiger partial charge in [0.25, 0.3) is 5.78 Å². The standard InChI is InChI=1S/C20H24N6O3S/c1-14-18(15(2)26-20(23-14)21-13-22-26)8-9-19(27)24-16-6-5-7-17(12-16)30(28,29)25-10-3-4-11-25/h5-7,12-13H,3-4,8-11H2,1-2H3,(H,24,27). The highest BCUT2D eigenvalue weighted by Gasteiger charge is 2.27. The number of aryl methyl sites for hydroxylation is 2. The van der Waals surface area contributed by atoms with Crippen molar-refractivity contribution < 1.29 is 13.2 Å². The molecule has 1 N–H and O–H groups in total. The lowest BCUT2D eigenvalue weighted by Crippen LogP contribution is -2.27. The molecule has 4 rings (SSSR count). The average Bonchev–Trinajstić information content (AvgIpc) is 3.40. The topological polar surface area (TPSA) is 110 Å². The fourth-order valence-electron chi connectivity index (χ4n) is 3.79. The van der Waals surface area contributed by atoms with Gasteiger partial charge in [0.15, 0.2) is 0 Å². The zero-order valence-corrected chi connectivity index (χ0v) is 17.8. The third kappa shape index (κ3) is 3.92. The van der Waals surface area contributed by atoms with Crippen molar-refractivity contribution in [2.45, 2.75) is 44.4 Å². The smallest absolute Gasteiger partial charge is 0.252 e. The maximum Gasteiger partial charge on any atom is 0.252 e. The zero-order chi connectivity index (χ0) is 21.3. The van der Waals surface area contributed by atoms with E-state index < -0.39 is 10.0 Å². The van der Waals surface area contributed by atoms with E-state index in [1.54, 1.807) is 22.7 Å². The summed E-state index contributed by atoms with van der Waals surface area (Å²) in [5.74, 6) is 0.345. The molecule has 1 fully saturated rings. The quantitative estimate of drug-likeness (QED) is 0.644. The number of carbonyl (C=O) groups excluding carboxylic acids is 1. The molecule has 0 bridgehead atoms. The number of fused-ring (bicyclic) bond motifs is 1. The number of anilines is 1. The highest BCUT2D eigenvalue weighted by molar-refractivity contribution is 7.89. The van der Waals surface area contributed by atoms with Gasteiger partial charge in [-0.15, -0.1) is 0 Å². The first-order chi connectivity index (χ1) is 14.4. The molecule has 0 aliphatic carbocycles. The summed E-state index contributed by atoms with van der Waals surface area (Å²) in [7, 11) is -3.52. The number of hydrogen-bond donors (Lipinski definition) is 1. The van der Waals surface area contributed by atoms with Crippen LogP contribution in [-0.2, 0) is 21.2 Å². The highest BCUT2D eigenvalue weighted by Crippen LogP contribution is 2.23. The Balaban J connectivity index is 1.45. The lowest BCUT2D eigenvalue weighted by molar-refractivity contribution is -0.116. The molecule has 0 atom stereocenters. The number of sulfonamides is 1. The molecule has 1 aromatic carbocycles. The van der Waals surface area contributed by atoms with Gasteiger partial charge >= 0.3 is 0 Å². The normalized spacial score (nSPS) is 15.0. The molecule has 3 heterocycles. The van der Waals surface area contributed by atoms with Crippen LogP contribution < -0.4 is 5.32 Å². The zero-order valence-electron chi connectivity index (χ0n) is 17.0. The third-order valence-electron chi connectivity index (χ3n) is 5.41. The van der Waals surface area contributed by atoms with Crippen molar-refractivity contribution in [3.8, 4) is 0 Å². The Labute approximate surface area is 175 Å². The van der Waals surface area contributed by atoms with Crippen LogP contribution in [0.2, 0.25) is 0 Å². The minimum atomic E-state index is -3.52. The van der Waals surface area contributed by atoms with E-state index in [4.69, 9.17) is 0 Å². The molecule has 1 aliphatic heterocycles. The van der Waals surface area contributed by atoms with E-state index in [1.165, 1.54) is 16.7 Å². The number of amides is 1. The van der Waals surface area contributed by atoms with Crippen molar-refractivity contribution in [1.29, 1.82) is 0 Å². The van der Waals surface area contributed by atoms with Crippen LogP contribution in [0.15, 0.2) is 35.5 Å². The molecule has 1 amide bonds. The summed E-state index contributed by atoms with van der Waals surface area (Å²) >= 11 is 0. The van der Waals surface area contributed by atoms with Crippen LogP contribution in [0.1, 0.15) is 36.2 Å². The predicted octanol–water partition coefficient (Wildman–Crippen LogP) is 2.10. The molecule has 0 radical (unpaired) electrons. The second-order valence-corrected chi connectivity index (χ2v) is 9.36. The van der Waals surface area contributed by atoms with Gasteiger partial charge in [-0.1, -0.05) is 6.07 Å². The van der Waals surface area contributed by atoms with E-state index in [-0.39, 0.29) is 17.2 Å². The molecule has 158 valence electrons. The van der Waals surface area contributed by atoms with Crippen LogP contribution in [0.5, 0.6) is 0 Å². The molecule has 2 aromatic heterocycles. The van der Waals surface area contributed by atoms with Gasteiger partial charge in [0.1, 0.15) is 6.33 Å². The summed E-state index contributed by atoms with van der Waals surface area (Å²) < 4.78 is 28.6. The van der Waals surface area contributed by atoms with Crippen LogP contribution in [0.4, 0.5) is 5.69 Å². The van der Waals surface area contributed by atoms with Crippen LogP contribution in [0.25, 0.3) is 5.78 Å². The molecule has 0 saturated carbocycles. The van der Waals surface area contributed by atoms with E-state index in [0.29, 0.717) is 31.0 Å². The summed E-state index contributed by atoms with van der Waals surface area (Å²) in [6, 6.07) is 6.43. The van der Waals surface area contributed by atoms with Gasteiger partial charge in [0.2, 0.25) is 15.9 Å². The fourth-order valence-corrected chi connectivity index (χ4v) is 5.35. The summed E-state index contributed by atoms with van der Waals surface area (Å²) in [6.45, 7) is 4.90. The summed E-state index contributed by atoms with van der Waals surface area (Å²) in [5, 5.41) is 6.97. The lowest BCUT2D eigenvalue weighted by atomic mass is 10.1. The Morgan fingerprint density at radius 1 is 1.20 bits per heavy atom. The molecule has 9 nitrogen and oxygen atoms in total. The number of nitrogens with zero attached hydrogens (tertiary/aromatic N) is 5. The van der Waals surface area contributed by atoms with Crippen molar-refractivity contribution in [3.63, 3.8) is 0 Å². The highest BCUT2D eigenvalue weighted by atomic mass is 32.2. The molecule has 30 heavy (non-hydrogen) atoms. The van der Waals surface area contributed by atoms with Crippen LogP contribution in [0.3, 0.4) is 0 Å². The monoisotopic (exact) mass is 428 g/mol. The van der Waals surface area contributed by atoms with Gasteiger partial charge in [-0.05, 0) is 56.9 Å². The van der Waals surface area contributed by atoms with Gasteiger partial charge in [0.05, 0.1) is 4.90 Å². The third-order valence-corrected chi connectivity index (χ3v) is 7.31. The summed E-state index contributed by atoms with van der Waals surface area (Å²) in [5.41, 5.74) is 3.15. The minimum Gasteiger partial charge on any atom is -0.326 e. The Morgan fingerprint density at radius 3 is 2.73 bits per heavy atom. The van der Waals surface area contributed by atoms with Gasteiger partial charge in [-0.3, -0.25) is 4.79 Å². The van der Waals surface area contributed by atoms with E-state index in [1.807, 2.05) is 13.8 Å². The largest absolute Gasteiger partial charge is 0.326 e. The van der Waals surface area contributed by atoms with Crippen molar-refractivity contribution >= 4 is 27.4 Å². The molecule has 3 aromatic rings. The average molecular weight is 429 g/mol. The van der Waals surface area contributed by atoms with Crippen LogP contribution in [-0.4, -0.2) is 51.3 Å². The summed E-state index contributed by atoms with van der Waals surface area (Å²) in [4.78, 5) is 21.2. The number of nitrogens with one attached hydrogen (secondary N) is 1. The van der Waals surface area contributed by atoms with Crippen molar-refractivity contribution in [3.05, 3.63) is 47.5 Å². The van der Waals surface area contributed by atoms with Crippen molar-refractivity contribution in [1.82, 2.24) is 23.9 Å². The first-order valence-corrected chi connectivity index (χ1v) is 11.4. The molecule has 1 saturated heterocycles. The molecular weight excluding hydrogens is 404 g/mol. The number of rotatable bonds is 6. The second-order valence-electron chi connectivity index (χ2n) is 7.42. The summed E-state index contributed by atoms with van der Waals surface area (Å²) in [6.07, 6.45) is 3.95. The molecule has 1 aliphatic rings. The lowest BCUT2D eigenvalue weighted by Gasteiger charge is -2.16. The maximum atomic E-state index is 12.7. The van der Waals surface area contributed by atoms with Gasteiger partial charge < -0.3 is 5.32 Å². The SMILES string of the molecule is Cc1nc2ncnn2c(C)c1CCC(=O)Nc1cccc(S(=O)(=O)N2CCCC2)c1. The van der Waals surface area contributed by atoms with Gasteiger partial charge in [-0.25, -0.2) is 17.9 Å². The van der Waals surface area contributed by atoms with Crippen molar-refractivity contribution in [2.24, 2.45) is 0 Å². The molecule has 10 heteroatoms.